The van der Waals surface area contributed by atoms with Crippen LogP contribution in [0.3, 0.4) is 0 Å². The second kappa shape index (κ2) is 10.6. The highest BCUT2D eigenvalue weighted by Gasteiger charge is 2.38. The van der Waals surface area contributed by atoms with Gasteiger partial charge in [0.15, 0.2) is 0 Å². The van der Waals surface area contributed by atoms with Gasteiger partial charge in [-0.2, -0.15) is 0 Å². The van der Waals surface area contributed by atoms with Gasteiger partial charge in [0.05, 0.1) is 5.92 Å². The van der Waals surface area contributed by atoms with E-state index in [-0.39, 0.29) is 17.6 Å². The van der Waals surface area contributed by atoms with Gasteiger partial charge >= 0.3 is 0 Å². The Morgan fingerprint density at radius 3 is 2.86 bits per heavy atom. The number of hydrogen-bond donors (Lipinski definition) is 1. The van der Waals surface area contributed by atoms with Gasteiger partial charge in [0.2, 0.25) is 5.91 Å². The minimum absolute atomic E-state index is 0.0220. The number of benzene rings is 2. The molecule has 0 spiro atoms. The second-order valence-electron chi connectivity index (χ2n) is 9.27. The summed E-state index contributed by atoms with van der Waals surface area (Å²) < 4.78 is 13.8. The first kappa shape index (κ1) is 24.7. The highest BCUT2D eigenvalue weighted by Crippen LogP contribution is 2.46. The first-order valence-corrected chi connectivity index (χ1v) is 12.7. The Morgan fingerprint density at radius 1 is 1.19 bits per heavy atom. The molecule has 1 aromatic heterocycles. The van der Waals surface area contributed by atoms with Crippen molar-refractivity contribution < 1.29 is 9.18 Å². The van der Waals surface area contributed by atoms with Crippen LogP contribution in [0, 0.1) is 12.7 Å². The first-order valence-electron chi connectivity index (χ1n) is 11.9. The van der Waals surface area contributed by atoms with Crippen LogP contribution < -0.4 is 5.32 Å². The maximum absolute atomic E-state index is 13.8. The smallest absolute Gasteiger partial charge is 0.231 e. The molecule has 1 aliphatic heterocycles. The van der Waals surface area contributed by atoms with E-state index in [9.17, 15) is 9.18 Å². The molecule has 0 saturated carbocycles. The van der Waals surface area contributed by atoms with Gasteiger partial charge in [-0.1, -0.05) is 53.6 Å². The van der Waals surface area contributed by atoms with Crippen LogP contribution in [0.4, 0.5) is 4.39 Å². The number of aryl methyl sites for hydroxylation is 1. The summed E-state index contributed by atoms with van der Waals surface area (Å²) in [5, 5.41) is 4.14. The molecule has 2 aromatic carbocycles. The predicted molar refractivity (Wildman–Crippen MR) is 143 cm³/mol. The van der Waals surface area contributed by atoms with Crippen molar-refractivity contribution in [1.29, 1.82) is 0 Å². The highest BCUT2D eigenvalue weighted by molar-refractivity contribution is 6.31. The molecule has 2 aliphatic rings. The van der Waals surface area contributed by atoms with Crippen molar-refractivity contribution in [3.8, 4) is 0 Å². The molecule has 2 heterocycles. The Balaban J connectivity index is 1.32. The van der Waals surface area contributed by atoms with Crippen LogP contribution in [0.1, 0.15) is 40.2 Å². The first-order chi connectivity index (χ1) is 17.4. The zero-order valence-electron chi connectivity index (χ0n) is 19.9. The Hall–Kier alpha value is -2.99. The predicted octanol–water partition coefficient (Wildman–Crippen LogP) is 6.42. The zero-order valence-corrected chi connectivity index (χ0v) is 21.4. The molecule has 5 rings (SSSR count). The lowest BCUT2D eigenvalue weighted by molar-refractivity contribution is -0.121. The number of aromatic nitrogens is 1. The molecule has 4 nitrogen and oxygen atoms in total. The Labute approximate surface area is 220 Å². The molecule has 0 bridgehead atoms. The number of carbonyl (C=O) groups excluding carboxylic acids is 1. The van der Waals surface area contributed by atoms with E-state index in [1.165, 1.54) is 11.1 Å². The fourth-order valence-corrected chi connectivity index (χ4v) is 5.36. The van der Waals surface area contributed by atoms with Crippen molar-refractivity contribution in [3.05, 3.63) is 110 Å². The summed E-state index contributed by atoms with van der Waals surface area (Å²) in [5.41, 5.74) is 6.80. The fourth-order valence-electron chi connectivity index (χ4n) is 4.99. The molecule has 1 aliphatic carbocycles. The van der Waals surface area contributed by atoms with Crippen molar-refractivity contribution in [2.75, 3.05) is 19.6 Å². The van der Waals surface area contributed by atoms with Crippen molar-refractivity contribution in [1.82, 2.24) is 15.2 Å². The Bertz CT molecular complexity index is 1380. The SMILES string of the molecule is Cc1ccc(/C=C/CN2CCC3=C(C2)c2cc(Cl)ccc2C3C(=O)NCc2ccnc(Cl)c2)cc1F. The lowest BCUT2D eigenvalue weighted by Gasteiger charge is -2.29. The summed E-state index contributed by atoms with van der Waals surface area (Å²) >= 11 is 12.3. The maximum Gasteiger partial charge on any atom is 0.231 e. The number of nitrogens with one attached hydrogen (secondary N) is 1. The third-order valence-corrected chi connectivity index (χ3v) is 7.30. The Kier molecular flexibility index (Phi) is 7.24. The third-order valence-electron chi connectivity index (χ3n) is 6.86. The van der Waals surface area contributed by atoms with Crippen LogP contribution in [0.15, 0.2) is 66.4 Å². The minimum Gasteiger partial charge on any atom is -0.351 e. The van der Waals surface area contributed by atoms with Gasteiger partial charge in [0, 0.05) is 37.4 Å². The van der Waals surface area contributed by atoms with E-state index in [1.807, 2.05) is 36.4 Å². The van der Waals surface area contributed by atoms with E-state index < -0.39 is 0 Å². The summed E-state index contributed by atoms with van der Waals surface area (Å²) in [6.45, 7) is 4.47. The van der Waals surface area contributed by atoms with Crippen molar-refractivity contribution in [2.24, 2.45) is 0 Å². The molecule has 0 fully saturated rings. The molecular formula is C29H26Cl2FN3O. The van der Waals surface area contributed by atoms with Crippen molar-refractivity contribution >= 4 is 40.8 Å². The Morgan fingerprint density at radius 2 is 2.06 bits per heavy atom. The van der Waals surface area contributed by atoms with Crippen LogP contribution in [-0.2, 0) is 11.3 Å². The lowest BCUT2D eigenvalue weighted by atomic mass is 9.91. The van der Waals surface area contributed by atoms with E-state index in [2.05, 4.69) is 21.3 Å². The van der Waals surface area contributed by atoms with E-state index in [0.29, 0.717) is 22.3 Å². The summed E-state index contributed by atoms with van der Waals surface area (Å²) in [4.78, 5) is 19.7. The molecule has 36 heavy (non-hydrogen) atoms. The van der Waals surface area contributed by atoms with Crippen LogP contribution >= 0.6 is 23.2 Å². The number of rotatable bonds is 6. The number of fused-ring (bicyclic) bond motifs is 2. The maximum atomic E-state index is 13.8. The highest BCUT2D eigenvalue weighted by atomic mass is 35.5. The van der Waals surface area contributed by atoms with Gasteiger partial charge in [-0.25, -0.2) is 9.37 Å². The van der Waals surface area contributed by atoms with E-state index in [4.69, 9.17) is 23.2 Å². The van der Waals surface area contributed by atoms with E-state index in [0.717, 1.165) is 48.3 Å². The average Bonchev–Trinajstić information content (AvgIpc) is 3.18. The van der Waals surface area contributed by atoms with Crippen LogP contribution in [0.5, 0.6) is 0 Å². The number of carbonyl (C=O) groups is 1. The number of pyridine rings is 1. The number of hydrogen-bond acceptors (Lipinski definition) is 3. The van der Waals surface area contributed by atoms with Crippen molar-refractivity contribution in [3.63, 3.8) is 0 Å². The van der Waals surface area contributed by atoms with Crippen LogP contribution in [0.2, 0.25) is 10.2 Å². The third kappa shape index (κ3) is 5.24. The zero-order chi connectivity index (χ0) is 25.2. The molecule has 1 atom stereocenters. The van der Waals surface area contributed by atoms with Gasteiger partial charge in [-0.05, 0) is 82.6 Å². The fraction of sp³-hybridized carbons (Fsp3) is 0.241. The number of nitrogens with zero attached hydrogens (tertiary/aromatic N) is 2. The van der Waals surface area contributed by atoms with Gasteiger partial charge < -0.3 is 5.32 Å². The molecular weight excluding hydrogens is 496 g/mol. The van der Waals surface area contributed by atoms with Crippen LogP contribution in [-0.4, -0.2) is 35.4 Å². The molecule has 0 saturated heterocycles. The van der Waals surface area contributed by atoms with Crippen LogP contribution in [0.25, 0.3) is 11.6 Å². The lowest BCUT2D eigenvalue weighted by Crippen LogP contribution is -2.33. The second-order valence-corrected chi connectivity index (χ2v) is 10.1. The monoisotopic (exact) mass is 521 g/mol. The normalized spacial score (nSPS) is 17.4. The molecule has 3 aromatic rings. The minimum atomic E-state index is -0.321. The standard InChI is InChI=1S/C29H26Cl2FN3O/c1-18-4-5-19(13-26(18)32)3-2-11-35-12-9-23-25(17-35)24-15-21(30)6-7-22(24)28(23)29(36)34-16-20-8-10-33-27(31)14-20/h2-8,10,13-15,28H,9,11-12,16-17H2,1H3,(H,34,36)/b3-2+. The van der Waals surface area contributed by atoms with E-state index >= 15 is 0 Å². The number of halogens is 3. The molecule has 1 unspecified atom stereocenters. The van der Waals surface area contributed by atoms with Gasteiger partial charge in [-0.3, -0.25) is 9.69 Å². The summed E-state index contributed by atoms with van der Waals surface area (Å²) in [7, 11) is 0. The van der Waals surface area contributed by atoms with E-state index in [1.54, 1.807) is 31.3 Å². The summed E-state index contributed by atoms with van der Waals surface area (Å²) in [5.74, 6) is -0.537. The summed E-state index contributed by atoms with van der Waals surface area (Å²) in [6, 6.07) is 14.7. The average molecular weight is 522 g/mol. The van der Waals surface area contributed by atoms with Gasteiger partial charge in [0.25, 0.3) is 0 Å². The number of amides is 1. The molecule has 7 heteroatoms. The molecule has 1 amide bonds. The van der Waals surface area contributed by atoms with Gasteiger partial charge in [-0.15, -0.1) is 0 Å². The topological polar surface area (TPSA) is 45.2 Å². The molecule has 184 valence electrons. The molecule has 1 N–H and O–H groups in total. The quantitative estimate of drug-likeness (QED) is 0.380. The largest absolute Gasteiger partial charge is 0.351 e. The van der Waals surface area contributed by atoms with Crippen molar-refractivity contribution in [2.45, 2.75) is 25.8 Å². The van der Waals surface area contributed by atoms with Gasteiger partial charge in [0.1, 0.15) is 11.0 Å². The summed E-state index contributed by atoms with van der Waals surface area (Å²) in [6.07, 6.45) is 6.45. The molecule has 0 radical (unpaired) electrons.